The van der Waals surface area contributed by atoms with Crippen molar-refractivity contribution < 1.29 is 9.53 Å². The topological polar surface area (TPSA) is 65.6 Å². The van der Waals surface area contributed by atoms with Crippen LogP contribution >= 0.6 is 22.9 Å². The molecule has 0 fully saturated rings. The summed E-state index contributed by atoms with van der Waals surface area (Å²) in [6.07, 6.45) is 1.90. The molecular formula is C30H28ClN3O3S. The molecule has 2 aromatic heterocycles. The van der Waals surface area contributed by atoms with Crippen molar-refractivity contribution >= 4 is 35.0 Å². The Hall–Kier alpha value is -3.68. The molecule has 0 spiro atoms. The van der Waals surface area contributed by atoms with Crippen molar-refractivity contribution in [1.82, 2.24) is 9.13 Å². The Bertz CT molecular complexity index is 1770. The molecule has 0 amide bonds. The van der Waals surface area contributed by atoms with Crippen molar-refractivity contribution in [2.45, 2.75) is 40.7 Å². The van der Waals surface area contributed by atoms with Crippen LogP contribution in [0.5, 0.6) is 0 Å². The van der Waals surface area contributed by atoms with E-state index in [0.29, 0.717) is 25.6 Å². The summed E-state index contributed by atoms with van der Waals surface area (Å²) in [4.78, 5) is 32.2. The fraction of sp³-hybridized carbons (Fsp3) is 0.233. The summed E-state index contributed by atoms with van der Waals surface area (Å²) in [5.74, 6) is -0.461. The van der Waals surface area contributed by atoms with Crippen molar-refractivity contribution in [3.63, 3.8) is 0 Å². The van der Waals surface area contributed by atoms with E-state index in [2.05, 4.69) is 9.56 Å². The Morgan fingerprint density at radius 1 is 1.11 bits per heavy atom. The van der Waals surface area contributed by atoms with Crippen LogP contribution in [0.2, 0.25) is 5.02 Å². The van der Waals surface area contributed by atoms with E-state index in [1.165, 1.54) is 11.3 Å². The van der Waals surface area contributed by atoms with E-state index in [1.807, 2.05) is 81.4 Å². The number of halogens is 1. The number of benzene rings is 2. The Morgan fingerprint density at radius 2 is 1.82 bits per heavy atom. The fourth-order valence-corrected chi connectivity index (χ4v) is 6.19. The summed E-state index contributed by atoms with van der Waals surface area (Å²) in [5.41, 5.74) is 6.44. The Kier molecular flexibility index (Phi) is 6.99. The van der Waals surface area contributed by atoms with Gasteiger partial charge < -0.3 is 9.30 Å². The lowest BCUT2D eigenvalue weighted by Gasteiger charge is -2.24. The van der Waals surface area contributed by atoms with Crippen molar-refractivity contribution in [2.24, 2.45) is 4.99 Å². The summed E-state index contributed by atoms with van der Waals surface area (Å²) < 4.78 is 9.62. The van der Waals surface area contributed by atoms with Crippen LogP contribution in [0, 0.1) is 20.8 Å². The monoisotopic (exact) mass is 545 g/mol. The van der Waals surface area contributed by atoms with Gasteiger partial charge in [-0.3, -0.25) is 9.36 Å². The number of hydrogen-bond acceptors (Lipinski definition) is 5. The summed E-state index contributed by atoms with van der Waals surface area (Å²) in [5, 5.41) is 0.653. The van der Waals surface area contributed by atoms with E-state index in [9.17, 15) is 9.59 Å². The van der Waals surface area contributed by atoms with Crippen molar-refractivity contribution in [2.75, 3.05) is 6.61 Å². The largest absolute Gasteiger partial charge is 0.463 e. The second-order valence-corrected chi connectivity index (χ2v) is 10.7. The summed E-state index contributed by atoms with van der Waals surface area (Å²) >= 11 is 7.81. The predicted molar refractivity (Wildman–Crippen MR) is 152 cm³/mol. The molecular weight excluding hydrogens is 518 g/mol. The molecule has 0 saturated carbocycles. The highest BCUT2D eigenvalue weighted by molar-refractivity contribution is 7.07. The molecule has 194 valence electrons. The number of para-hydroxylation sites is 1. The smallest absolute Gasteiger partial charge is 0.338 e. The first kappa shape index (κ1) is 25.9. The van der Waals surface area contributed by atoms with Crippen LogP contribution < -0.4 is 14.9 Å². The van der Waals surface area contributed by atoms with Crippen LogP contribution in [0.3, 0.4) is 0 Å². The van der Waals surface area contributed by atoms with Crippen molar-refractivity contribution in [3.8, 4) is 5.69 Å². The number of aryl methyl sites for hydroxylation is 2. The third-order valence-corrected chi connectivity index (χ3v) is 8.06. The lowest BCUT2D eigenvalue weighted by atomic mass is 9.95. The number of thiazole rings is 1. The Balaban J connectivity index is 1.70. The third kappa shape index (κ3) is 4.46. The van der Waals surface area contributed by atoms with E-state index < -0.39 is 12.0 Å². The van der Waals surface area contributed by atoms with Gasteiger partial charge in [0.05, 0.1) is 39.2 Å². The zero-order valence-corrected chi connectivity index (χ0v) is 23.5. The van der Waals surface area contributed by atoms with Gasteiger partial charge in [-0.2, -0.15) is 0 Å². The lowest BCUT2D eigenvalue weighted by molar-refractivity contribution is -0.139. The molecule has 8 heteroatoms. The van der Waals surface area contributed by atoms with Gasteiger partial charge in [0.25, 0.3) is 5.56 Å². The lowest BCUT2D eigenvalue weighted by Crippen LogP contribution is -2.39. The van der Waals surface area contributed by atoms with Crippen LogP contribution in [0.1, 0.15) is 48.0 Å². The zero-order valence-electron chi connectivity index (χ0n) is 21.9. The minimum absolute atomic E-state index is 0.198. The van der Waals surface area contributed by atoms with E-state index >= 15 is 0 Å². The number of aromatic nitrogens is 2. The molecule has 0 bridgehead atoms. The Labute approximate surface area is 229 Å². The SMILES string of the molecule is CCOC(=O)C1=C(C)N=c2s/c(=C\c3cc(C)n(-c4ccccc4Cl)c3C)c(=O)n2[C@H]1c1ccc(C)cc1. The van der Waals surface area contributed by atoms with Gasteiger partial charge in [-0.15, -0.1) is 0 Å². The average molecular weight is 546 g/mol. The van der Waals surface area contributed by atoms with Crippen LogP contribution in [0.15, 0.2) is 75.7 Å². The normalized spacial score (nSPS) is 15.4. The molecule has 0 unspecified atom stereocenters. The van der Waals surface area contributed by atoms with E-state index in [0.717, 1.165) is 33.8 Å². The molecule has 1 aliphatic rings. The quantitative estimate of drug-likeness (QED) is 0.325. The maximum absolute atomic E-state index is 13.9. The van der Waals surface area contributed by atoms with E-state index in [4.69, 9.17) is 16.3 Å². The maximum Gasteiger partial charge on any atom is 0.338 e. The highest BCUT2D eigenvalue weighted by atomic mass is 35.5. The molecule has 3 heterocycles. The van der Waals surface area contributed by atoms with Crippen LogP contribution in [0.4, 0.5) is 0 Å². The summed E-state index contributed by atoms with van der Waals surface area (Å²) in [6, 6.07) is 17.0. The zero-order chi connectivity index (χ0) is 27.1. The van der Waals surface area contributed by atoms with Crippen LogP contribution in [-0.4, -0.2) is 21.7 Å². The predicted octanol–water partition coefficient (Wildman–Crippen LogP) is 5.17. The molecule has 4 aromatic rings. The molecule has 0 N–H and O–H groups in total. The number of hydrogen-bond donors (Lipinski definition) is 0. The maximum atomic E-state index is 13.9. The number of fused-ring (bicyclic) bond motifs is 1. The fourth-order valence-electron chi connectivity index (χ4n) is 4.93. The first-order chi connectivity index (χ1) is 18.2. The first-order valence-corrected chi connectivity index (χ1v) is 13.6. The number of esters is 1. The minimum Gasteiger partial charge on any atom is -0.463 e. The van der Waals surface area contributed by atoms with E-state index in [-0.39, 0.29) is 12.2 Å². The van der Waals surface area contributed by atoms with Crippen LogP contribution in [0.25, 0.3) is 11.8 Å². The number of carbonyl (C=O) groups is 1. The second kappa shape index (κ2) is 10.2. The van der Waals surface area contributed by atoms with Gasteiger partial charge >= 0.3 is 5.97 Å². The van der Waals surface area contributed by atoms with Crippen molar-refractivity contribution in [3.05, 3.63) is 119 Å². The second-order valence-electron chi connectivity index (χ2n) is 9.33. The van der Waals surface area contributed by atoms with Gasteiger partial charge in [0, 0.05) is 11.4 Å². The van der Waals surface area contributed by atoms with E-state index in [1.54, 1.807) is 18.4 Å². The number of nitrogens with zero attached hydrogens (tertiary/aromatic N) is 3. The standard InChI is InChI=1S/C30H28ClN3O3S/c1-6-37-29(36)26-19(4)32-30-34(27(26)21-13-11-17(2)12-14-21)28(35)25(38-30)16-22-15-18(3)33(20(22)5)24-10-8-7-9-23(24)31/h7-16,27H,6H2,1-5H3/b25-16-/t27-/m0/s1. The summed E-state index contributed by atoms with van der Waals surface area (Å²) in [6.45, 7) is 9.83. The van der Waals surface area contributed by atoms with Gasteiger partial charge in [0.2, 0.25) is 0 Å². The van der Waals surface area contributed by atoms with Gasteiger partial charge in [0.1, 0.15) is 0 Å². The minimum atomic E-state index is -0.622. The molecule has 5 rings (SSSR count). The molecule has 2 aromatic carbocycles. The third-order valence-electron chi connectivity index (χ3n) is 6.76. The molecule has 0 aliphatic carbocycles. The van der Waals surface area contributed by atoms with Gasteiger partial charge in [-0.1, -0.05) is 64.9 Å². The highest BCUT2D eigenvalue weighted by Crippen LogP contribution is 2.31. The molecule has 0 radical (unpaired) electrons. The Morgan fingerprint density at radius 3 is 2.50 bits per heavy atom. The molecule has 1 atom stereocenters. The highest BCUT2D eigenvalue weighted by Gasteiger charge is 2.33. The molecule has 6 nitrogen and oxygen atoms in total. The average Bonchev–Trinajstić information content (AvgIpc) is 3.33. The number of ether oxygens (including phenoxy) is 1. The van der Waals surface area contributed by atoms with Gasteiger partial charge in [-0.05, 0) is 70.0 Å². The van der Waals surface area contributed by atoms with Gasteiger partial charge in [0.15, 0.2) is 4.80 Å². The number of carbonyl (C=O) groups excluding carboxylic acids is 1. The molecule has 0 saturated heterocycles. The number of allylic oxidation sites excluding steroid dienone is 1. The molecule has 1 aliphatic heterocycles. The molecule has 38 heavy (non-hydrogen) atoms. The first-order valence-electron chi connectivity index (χ1n) is 12.4. The van der Waals surface area contributed by atoms with Crippen molar-refractivity contribution in [1.29, 1.82) is 0 Å². The van der Waals surface area contributed by atoms with Crippen LogP contribution in [-0.2, 0) is 9.53 Å². The van der Waals surface area contributed by atoms with Gasteiger partial charge in [-0.25, -0.2) is 9.79 Å². The number of rotatable bonds is 5. The summed E-state index contributed by atoms with van der Waals surface area (Å²) in [7, 11) is 0.